The third-order valence-electron chi connectivity index (χ3n) is 5.30. The molecule has 1 saturated carbocycles. The van der Waals surface area contributed by atoms with Crippen molar-refractivity contribution in [3.05, 3.63) is 47.9 Å². The van der Waals surface area contributed by atoms with E-state index in [0.29, 0.717) is 17.1 Å². The van der Waals surface area contributed by atoms with Gasteiger partial charge in [-0.3, -0.25) is 9.59 Å². The van der Waals surface area contributed by atoms with Crippen molar-refractivity contribution in [2.24, 2.45) is 11.7 Å². The number of carbonyl (C=O) groups is 2. The fourth-order valence-corrected chi connectivity index (χ4v) is 4.23. The van der Waals surface area contributed by atoms with E-state index in [0.717, 1.165) is 24.8 Å². The highest BCUT2D eigenvalue weighted by Crippen LogP contribution is 2.43. The number of aryl methyl sites for hydroxylation is 1. The zero-order chi connectivity index (χ0) is 17.6. The van der Waals surface area contributed by atoms with E-state index in [2.05, 4.69) is 9.97 Å². The summed E-state index contributed by atoms with van der Waals surface area (Å²) in [6.45, 7) is 1.80. The molecule has 6 heteroatoms. The lowest BCUT2D eigenvalue weighted by atomic mass is 9.97. The van der Waals surface area contributed by atoms with Crippen molar-refractivity contribution >= 4 is 11.8 Å². The number of piperidine rings is 1. The van der Waals surface area contributed by atoms with E-state index in [9.17, 15) is 9.59 Å². The van der Waals surface area contributed by atoms with Gasteiger partial charge in [-0.15, -0.1) is 0 Å². The van der Waals surface area contributed by atoms with Crippen molar-refractivity contribution in [1.29, 1.82) is 0 Å². The van der Waals surface area contributed by atoms with Crippen LogP contribution in [-0.2, 0) is 4.79 Å². The number of aromatic nitrogens is 2. The van der Waals surface area contributed by atoms with Crippen LogP contribution in [0.5, 0.6) is 0 Å². The Kier molecular flexibility index (Phi) is 3.75. The predicted molar refractivity (Wildman–Crippen MR) is 92.5 cm³/mol. The summed E-state index contributed by atoms with van der Waals surface area (Å²) in [5, 5.41) is 0. The van der Waals surface area contributed by atoms with Crippen LogP contribution in [0.25, 0.3) is 11.3 Å². The Labute approximate surface area is 146 Å². The number of primary amides is 1. The standard InChI is InChI=1S/C19H20N4O2/c1-11-21-10-15(16(22-11)12-5-3-2-4-6-12)19(25)23-14-8-7-13(9-14)17(23)18(20)24/h2-6,10,13-14,17H,7-9H2,1H3,(H2,20,24)/t13-,14+,17-/m0/s1. The number of hydrogen-bond donors (Lipinski definition) is 1. The molecule has 1 aliphatic heterocycles. The van der Waals surface area contributed by atoms with Gasteiger partial charge in [0.2, 0.25) is 5.91 Å². The average Bonchev–Trinajstić information content (AvgIpc) is 3.23. The highest BCUT2D eigenvalue weighted by molar-refractivity contribution is 6.02. The summed E-state index contributed by atoms with van der Waals surface area (Å²) >= 11 is 0. The maximum Gasteiger partial charge on any atom is 0.258 e. The van der Waals surface area contributed by atoms with Crippen molar-refractivity contribution in [1.82, 2.24) is 14.9 Å². The molecular weight excluding hydrogens is 316 g/mol. The quantitative estimate of drug-likeness (QED) is 0.927. The van der Waals surface area contributed by atoms with Crippen LogP contribution in [0.2, 0.25) is 0 Å². The fourth-order valence-electron chi connectivity index (χ4n) is 4.23. The Morgan fingerprint density at radius 3 is 2.68 bits per heavy atom. The van der Waals surface area contributed by atoms with Crippen LogP contribution in [0.4, 0.5) is 0 Å². The minimum Gasteiger partial charge on any atom is -0.368 e. The van der Waals surface area contributed by atoms with Gasteiger partial charge in [-0.2, -0.15) is 0 Å². The second-order valence-electron chi connectivity index (χ2n) is 6.83. The first-order chi connectivity index (χ1) is 12.1. The molecule has 1 aromatic heterocycles. The molecule has 4 rings (SSSR count). The van der Waals surface area contributed by atoms with Crippen LogP contribution < -0.4 is 5.73 Å². The Morgan fingerprint density at radius 2 is 1.96 bits per heavy atom. The zero-order valence-corrected chi connectivity index (χ0v) is 14.1. The van der Waals surface area contributed by atoms with Gasteiger partial charge < -0.3 is 10.6 Å². The lowest BCUT2D eigenvalue weighted by Crippen LogP contribution is -2.51. The van der Waals surface area contributed by atoms with Gasteiger partial charge in [0.15, 0.2) is 0 Å². The molecule has 2 N–H and O–H groups in total. The zero-order valence-electron chi connectivity index (χ0n) is 14.1. The van der Waals surface area contributed by atoms with Gasteiger partial charge in [-0.05, 0) is 32.1 Å². The normalized spacial score (nSPS) is 24.5. The highest BCUT2D eigenvalue weighted by Gasteiger charge is 2.51. The van der Waals surface area contributed by atoms with Gasteiger partial charge in [-0.1, -0.05) is 30.3 Å². The van der Waals surface area contributed by atoms with Crippen LogP contribution in [0.3, 0.4) is 0 Å². The Balaban J connectivity index is 1.77. The van der Waals surface area contributed by atoms with Gasteiger partial charge >= 0.3 is 0 Å². The molecule has 1 aromatic carbocycles. The fraction of sp³-hybridized carbons (Fsp3) is 0.368. The Hall–Kier alpha value is -2.76. The minimum absolute atomic E-state index is 0.0833. The smallest absolute Gasteiger partial charge is 0.258 e. The van der Waals surface area contributed by atoms with Crippen LogP contribution in [0.15, 0.2) is 36.5 Å². The number of amides is 2. The first kappa shape index (κ1) is 15.7. The number of carbonyl (C=O) groups excluding carboxylic acids is 2. The van der Waals surface area contributed by atoms with Crippen LogP contribution in [0.1, 0.15) is 35.4 Å². The SMILES string of the molecule is Cc1ncc(C(=O)N2[C@@H]3CC[C@@H](C3)[C@H]2C(N)=O)c(-c2ccccc2)n1. The van der Waals surface area contributed by atoms with Crippen molar-refractivity contribution in [3.63, 3.8) is 0 Å². The van der Waals surface area contributed by atoms with Crippen molar-refractivity contribution in [3.8, 4) is 11.3 Å². The summed E-state index contributed by atoms with van der Waals surface area (Å²) in [6, 6.07) is 9.13. The highest BCUT2D eigenvalue weighted by atomic mass is 16.2. The maximum absolute atomic E-state index is 13.3. The third kappa shape index (κ3) is 2.58. The molecular formula is C19H20N4O2. The lowest BCUT2D eigenvalue weighted by Gasteiger charge is -2.33. The van der Waals surface area contributed by atoms with E-state index < -0.39 is 11.9 Å². The predicted octanol–water partition coefficient (Wildman–Crippen LogP) is 1.93. The molecule has 0 radical (unpaired) electrons. The molecule has 2 aliphatic rings. The number of rotatable bonds is 3. The van der Waals surface area contributed by atoms with Gasteiger partial charge in [0.25, 0.3) is 5.91 Å². The number of benzene rings is 1. The number of hydrogen-bond acceptors (Lipinski definition) is 4. The van der Waals surface area contributed by atoms with Crippen molar-refractivity contribution in [2.75, 3.05) is 0 Å². The topological polar surface area (TPSA) is 89.2 Å². The van der Waals surface area contributed by atoms with E-state index >= 15 is 0 Å². The van der Waals surface area contributed by atoms with E-state index in [-0.39, 0.29) is 17.9 Å². The number of fused-ring (bicyclic) bond motifs is 2. The summed E-state index contributed by atoms with van der Waals surface area (Å²) in [6.07, 6.45) is 4.30. The molecule has 25 heavy (non-hydrogen) atoms. The van der Waals surface area contributed by atoms with Gasteiger partial charge in [0.05, 0.1) is 11.3 Å². The Morgan fingerprint density at radius 1 is 1.20 bits per heavy atom. The van der Waals surface area contributed by atoms with Crippen LogP contribution >= 0.6 is 0 Å². The van der Waals surface area contributed by atoms with Gasteiger partial charge in [0.1, 0.15) is 11.9 Å². The first-order valence-corrected chi connectivity index (χ1v) is 8.57. The number of likely N-dealkylation sites (tertiary alicyclic amines) is 1. The number of nitrogens with zero attached hydrogens (tertiary/aromatic N) is 3. The van der Waals surface area contributed by atoms with E-state index in [1.807, 2.05) is 30.3 Å². The molecule has 128 valence electrons. The molecule has 3 atom stereocenters. The third-order valence-corrected chi connectivity index (χ3v) is 5.30. The second kappa shape index (κ2) is 5.95. The second-order valence-corrected chi connectivity index (χ2v) is 6.83. The van der Waals surface area contributed by atoms with E-state index in [4.69, 9.17) is 5.73 Å². The van der Waals surface area contributed by atoms with E-state index in [1.54, 1.807) is 18.0 Å². The summed E-state index contributed by atoms with van der Waals surface area (Å²) in [5.41, 5.74) is 7.48. The van der Waals surface area contributed by atoms with Gasteiger partial charge in [0, 0.05) is 17.8 Å². The first-order valence-electron chi connectivity index (χ1n) is 8.57. The minimum atomic E-state index is -0.517. The molecule has 0 spiro atoms. The summed E-state index contributed by atoms with van der Waals surface area (Å²) in [7, 11) is 0. The molecule has 2 heterocycles. The summed E-state index contributed by atoms with van der Waals surface area (Å²) in [5.74, 6) is 0.160. The molecule has 2 fully saturated rings. The summed E-state index contributed by atoms with van der Waals surface area (Å²) < 4.78 is 0. The average molecular weight is 336 g/mol. The molecule has 6 nitrogen and oxygen atoms in total. The molecule has 2 amide bonds. The summed E-state index contributed by atoms with van der Waals surface area (Å²) in [4.78, 5) is 35.6. The molecule has 2 aromatic rings. The van der Waals surface area contributed by atoms with Crippen molar-refractivity contribution < 1.29 is 9.59 Å². The van der Waals surface area contributed by atoms with Crippen molar-refractivity contribution in [2.45, 2.75) is 38.3 Å². The van der Waals surface area contributed by atoms with Crippen LogP contribution in [0, 0.1) is 12.8 Å². The maximum atomic E-state index is 13.3. The lowest BCUT2D eigenvalue weighted by molar-refractivity contribution is -0.123. The monoisotopic (exact) mass is 336 g/mol. The Bertz CT molecular complexity index is 837. The van der Waals surface area contributed by atoms with E-state index in [1.165, 1.54) is 0 Å². The molecule has 1 saturated heterocycles. The number of nitrogens with two attached hydrogens (primary N) is 1. The molecule has 2 bridgehead atoms. The van der Waals surface area contributed by atoms with Crippen LogP contribution in [-0.4, -0.2) is 38.8 Å². The molecule has 1 aliphatic carbocycles. The molecule has 0 unspecified atom stereocenters. The van der Waals surface area contributed by atoms with Gasteiger partial charge in [-0.25, -0.2) is 9.97 Å². The largest absolute Gasteiger partial charge is 0.368 e.